The molecule has 0 saturated heterocycles. The third-order valence-corrected chi connectivity index (χ3v) is 4.97. The van der Waals surface area contributed by atoms with Gasteiger partial charge in [0.1, 0.15) is 5.75 Å². The minimum atomic E-state index is -3.64. The normalized spacial score (nSPS) is 12.4. The van der Waals surface area contributed by atoms with Crippen LogP contribution in [0.25, 0.3) is 0 Å². The van der Waals surface area contributed by atoms with Crippen LogP contribution in [0.15, 0.2) is 53.7 Å². The SMILES string of the molecule is CC(C)Oc1ccc(S(=O)(=O)NC(C)(C)c2ccncc2)cc1. The van der Waals surface area contributed by atoms with Gasteiger partial charge in [0.2, 0.25) is 10.0 Å². The number of ether oxygens (including phenoxy) is 1. The highest BCUT2D eigenvalue weighted by Crippen LogP contribution is 2.23. The highest BCUT2D eigenvalue weighted by molar-refractivity contribution is 7.89. The van der Waals surface area contributed by atoms with Crippen LogP contribution in [0.4, 0.5) is 0 Å². The summed E-state index contributed by atoms with van der Waals surface area (Å²) in [5, 5.41) is 0. The Hall–Kier alpha value is -1.92. The lowest BCUT2D eigenvalue weighted by atomic mass is 9.97. The number of hydrogen-bond donors (Lipinski definition) is 1. The fourth-order valence-electron chi connectivity index (χ4n) is 2.19. The molecule has 1 heterocycles. The molecule has 23 heavy (non-hydrogen) atoms. The molecule has 0 unspecified atom stereocenters. The summed E-state index contributed by atoms with van der Waals surface area (Å²) in [6.07, 6.45) is 3.33. The maximum Gasteiger partial charge on any atom is 0.241 e. The Kier molecular flexibility index (Phi) is 5.06. The lowest BCUT2D eigenvalue weighted by molar-refractivity contribution is 0.242. The van der Waals surface area contributed by atoms with E-state index in [1.807, 2.05) is 27.7 Å². The number of hydrogen-bond acceptors (Lipinski definition) is 4. The first-order valence-electron chi connectivity index (χ1n) is 7.42. The van der Waals surface area contributed by atoms with Crippen molar-refractivity contribution in [2.75, 3.05) is 0 Å². The monoisotopic (exact) mass is 334 g/mol. The number of sulfonamides is 1. The second-order valence-electron chi connectivity index (χ2n) is 6.10. The quantitative estimate of drug-likeness (QED) is 0.881. The van der Waals surface area contributed by atoms with Gasteiger partial charge in [-0.05, 0) is 69.7 Å². The van der Waals surface area contributed by atoms with E-state index in [-0.39, 0.29) is 11.0 Å². The minimum Gasteiger partial charge on any atom is -0.491 e. The van der Waals surface area contributed by atoms with Gasteiger partial charge in [-0.15, -0.1) is 0 Å². The summed E-state index contributed by atoms with van der Waals surface area (Å²) < 4.78 is 33.4. The predicted octanol–water partition coefficient (Wildman–Crippen LogP) is 3.08. The van der Waals surface area contributed by atoms with Crippen LogP contribution in [0.5, 0.6) is 5.75 Å². The van der Waals surface area contributed by atoms with Crippen LogP contribution in [0.2, 0.25) is 0 Å². The molecule has 0 spiro atoms. The van der Waals surface area contributed by atoms with Gasteiger partial charge < -0.3 is 4.74 Å². The third kappa shape index (κ3) is 4.53. The minimum absolute atomic E-state index is 0.0428. The number of aromatic nitrogens is 1. The molecule has 124 valence electrons. The molecule has 5 nitrogen and oxygen atoms in total. The molecule has 0 radical (unpaired) electrons. The van der Waals surface area contributed by atoms with Gasteiger partial charge in [0.05, 0.1) is 16.5 Å². The summed E-state index contributed by atoms with van der Waals surface area (Å²) in [5.41, 5.74) is 0.102. The van der Waals surface area contributed by atoms with Gasteiger partial charge in [-0.3, -0.25) is 4.98 Å². The smallest absolute Gasteiger partial charge is 0.241 e. The molecule has 0 saturated carbocycles. The van der Waals surface area contributed by atoms with Crippen LogP contribution in [-0.4, -0.2) is 19.5 Å². The molecule has 0 atom stereocenters. The Morgan fingerprint density at radius 3 is 2.13 bits per heavy atom. The van der Waals surface area contributed by atoms with Crippen molar-refractivity contribution in [3.8, 4) is 5.75 Å². The molecule has 1 aromatic carbocycles. The van der Waals surface area contributed by atoms with Crippen LogP contribution in [0.1, 0.15) is 33.3 Å². The van der Waals surface area contributed by atoms with Crippen molar-refractivity contribution < 1.29 is 13.2 Å². The molecular formula is C17H22N2O3S. The van der Waals surface area contributed by atoms with E-state index in [0.29, 0.717) is 5.75 Å². The fourth-order valence-corrected chi connectivity index (χ4v) is 3.59. The number of nitrogens with one attached hydrogen (secondary N) is 1. The van der Waals surface area contributed by atoms with Crippen LogP contribution >= 0.6 is 0 Å². The topological polar surface area (TPSA) is 68.3 Å². The Labute approximate surface area is 137 Å². The van der Waals surface area contributed by atoms with Crippen molar-refractivity contribution in [2.45, 2.75) is 44.2 Å². The molecule has 0 aliphatic carbocycles. The van der Waals surface area contributed by atoms with E-state index in [1.54, 1.807) is 48.8 Å². The van der Waals surface area contributed by atoms with Crippen LogP contribution in [0, 0.1) is 0 Å². The Bertz CT molecular complexity index is 739. The average Bonchev–Trinajstić information content (AvgIpc) is 2.47. The summed E-state index contributed by atoms with van der Waals surface area (Å²) >= 11 is 0. The molecule has 0 aliphatic rings. The van der Waals surface area contributed by atoms with Gasteiger partial charge in [0, 0.05) is 12.4 Å². The second kappa shape index (κ2) is 6.68. The summed E-state index contributed by atoms with van der Waals surface area (Å²) in [6, 6.07) is 10.00. The molecule has 1 aromatic heterocycles. The van der Waals surface area contributed by atoms with Crippen molar-refractivity contribution in [1.82, 2.24) is 9.71 Å². The van der Waals surface area contributed by atoms with Gasteiger partial charge in [-0.2, -0.15) is 0 Å². The number of nitrogens with zero attached hydrogens (tertiary/aromatic N) is 1. The fraction of sp³-hybridized carbons (Fsp3) is 0.353. The molecule has 1 N–H and O–H groups in total. The number of pyridine rings is 1. The molecule has 0 fully saturated rings. The Morgan fingerprint density at radius 1 is 1.04 bits per heavy atom. The first-order chi connectivity index (χ1) is 10.7. The van der Waals surface area contributed by atoms with E-state index in [0.717, 1.165) is 5.56 Å². The van der Waals surface area contributed by atoms with Gasteiger partial charge in [0.25, 0.3) is 0 Å². The highest BCUT2D eigenvalue weighted by Gasteiger charge is 2.27. The van der Waals surface area contributed by atoms with Gasteiger partial charge >= 0.3 is 0 Å². The first-order valence-corrected chi connectivity index (χ1v) is 8.90. The van der Waals surface area contributed by atoms with Crippen molar-refractivity contribution in [2.24, 2.45) is 0 Å². The first kappa shape index (κ1) is 17.4. The number of rotatable bonds is 6. The van der Waals surface area contributed by atoms with Gasteiger partial charge in [0.15, 0.2) is 0 Å². The summed E-state index contributed by atoms with van der Waals surface area (Å²) in [5.74, 6) is 0.646. The van der Waals surface area contributed by atoms with Gasteiger partial charge in [-0.1, -0.05) is 0 Å². The van der Waals surface area contributed by atoms with Crippen LogP contribution < -0.4 is 9.46 Å². The lowest BCUT2D eigenvalue weighted by Gasteiger charge is -2.26. The van der Waals surface area contributed by atoms with E-state index < -0.39 is 15.6 Å². The lowest BCUT2D eigenvalue weighted by Crippen LogP contribution is -2.40. The van der Waals surface area contributed by atoms with Crippen molar-refractivity contribution in [1.29, 1.82) is 0 Å². The van der Waals surface area contributed by atoms with Crippen molar-refractivity contribution in [3.63, 3.8) is 0 Å². The zero-order valence-electron chi connectivity index (χ0n) is 13.8. The third-order valence-electron chi connectivity index (χ3n) is 3.30. The van der Waals surface area contributed by atoms with Crippen molar-refractivity contribution >= 4 is 10.0 Å². The number of benzene rings is 1. The second-order valence-corrected chi connectivity index (χ2v) is 7.79. The molecule has 2 aromatic rings. The summed E-state index contributed by atoms with van der Waals surface area (Å²) in [7, 11) is -3.64. The zero-order valence-corrected chi connectivity index (χ0v) is 14.6. The molecule has 2 rings (SSSR count). The highest BCUT2D eigenvalue weighted by atomic mass is 32.2. The molecular weight excluding hydrogens is 312 g/mol. The van der Waals surface area contributed by atoms with Crippen LogP contribution in [-0.2, 0) is 15.6 Å². The Morgan fingerprint density at radius 2 is 1.61 bits per heavy atom. The molecule has 6 heteroatoms. The van der Waals surface area contributed by atoms with E-state index in [4.69, 9.17) is 4.74 Å². The predicted molar refractivity (Wildman–Crippen MR) is 89.8 cm³/mol. The standard InChI is InChI=1S/C17H22N2O3S/c1-13(2)22-15-5-7-16(8-6-15)23(20,21)19-17(3,4)14-9-11-18-12-10-14/h5-13,19H,1-4H3. The van der Waals surface area contributed by atoms with Gasteiger partial charge in [-0.25, -0.2) is 13.1 Å². The molecule has 0 amide bonds. The summed E-state index contributed by atoms with van der Waals surface area (Å²) in [4.78, 5) is 4.16. The van der Waals surface area contributed by atoms with E-state index >= 15 is 0 Å². The van der Waals surface area contributed by atoms with Crippen molar-refractivity contribution in [3.05, 3.63) is 54.4 Å². The van der Waals surface area contributed by atoms with Crippen LogP contribution in [0.3, 0.4) is 0 Å². The van der Waals surface area contributed by atoms with E-state index in [2.05, 4.69) is 9.71 Å². The maximum absolute atomic E-state index is 12.6. The summed E-state index contributed by atoms with van der Waals surface area (Å²) in [6.45, 7) is 7.47. The zero-order chi connectivity index (χ0) is 17.1. The van der Waals surface area contributed by atoms with E-state index in [9.17, 15) is 8.42 Å². The largest absolute Gasteiger partial charge is 0.491 e. The molecule has 0 aliphatic heterocycles. The maximum atomic E-state index is 12.6. The average molecular weight is 334 g/mol. The Balaban J connectivity index is 2.21. The van der Waals surface area contributed by atoms with E-state index in [1.165, 1.54) is 0 Å². The molecule has 0 bridgehead atoms.